The van der Waals surface area contributed by atoms with Gasteiger partial charge in [-0.1, -0.05) is 19.9 Å². The number of rotatable bonds is 2. The smallest absolute Gasteiger partial charge is 0.129 e. The molecule has 88 valence electrons. The van der Waals surface area contributed by atoms with Crippen LogP contribution in [-0.2, 0) is 0 Å². The maximum atomic E-state index is 4.51. The quantitative estimate of drug-likeness (QED) is 0.769. The minimum Gasteiger partial charge on any atom is -0.357 e. The normalized spacial score (nSPS) is 18.1. The molecule has 0 aliphatic carbocycles. The predicted molar refractivity (Wildman–Crippen MR) is 71.7 cm³/mol. The van der Waals surface area contributed by atoms with Crippen molar-refractivity contribution >= 4 is 21.7 Å². The molecule has 3 heteroatoms. The maximum absolute atomic E-state index is 4.51. The third-order valence-electron chi connectivity index (χ3n) is 3.51. The molecule has 1 aromatic heterocycles. The fraction of sp³-hybridized carbons (Fsp3) is 0.615. The van der Waals surface area contributed by atoms with Crippen molar-refractivity contribution in [3.05, 3.63) is 22.8 Å². The van der Waals surface area contributed by atoms with E-state index in [2.05, 4.69) is 51.8 Å². The molecule has 0 atom stereocenters. The monoisotopic (exact) mass is 282 g/mol. The van der Waals surface area contributed by atoms with Gasteiger partial charge in [0, 0.05) is 13.1 Å². The molecule has 2 nitrogen and oxygen atoms in total. The van der Waals surface area contributed by atoms with Crippen LogP contribution in [0.15, 0.2) is 22.8 Å². The Morgan fingerprint density at radius 1 is 1.31 bits per heavy atom. The lowest BCUT2D eigenvalue weighted by Gasteiger charge is -2.34. The zero-order valence-electron chi connectivity index (χ0n) is 9.99. The van der Waals surface area contributed by atoms with Gasteiger partial charge in [-0.15, -0.1) is 0 Å². The molecule has 2 rings (SSSR count). The van der Waals surface area contributed by atoms with E-state index >= 15 is 0 Å². The number of hydrogen-bond acceptors (Lipinski definition) is 2. The predicted octanol–water partition coefficient (Wildman–Crippen LogP) is 3.72. The summed E-state index contributed by atoms with van der Waals surface area (Å²) in [7, 11) is 0. The lowest BCUT2D eigenvalue weighted by Crippen LogP contribution is -2.35. The van der Waals surface area contributed by atoms with E-state index in [9.17, 15) is 0 Å². The van der Waals surface area contributed by atoms with Crippen molar-refractivity contribution < 1.29 is 0 Å². The molecule has 1 aromatic rings. The Labute approximate surface area is 106 Å². The second-order valence-corrected chi connectivity index (χ2v) is 5.70. The molecular formula is C13H19BrN2. The minimum atomic E-state index is 0.817. The summed E-state index contributed by atoms with van der Waals surface area (Å²) in [4.78, 5) is 6.90. The Morgan fingerprint density at radius 2 is 2.00 bits per heavy atom. The van der Waals surface area contributed by atoms with Crippen LogP contribution in [0.4, 0.5) is 5.82 Å². The van der Waals surface area contributed by atoms with E-state index in [1.54, 1.807) is 0 Å². The van der Waals surface area contributed by atoms with Gasteiger partial charge in [-0.25, -0.2) is 4.98 Å². The third kappa shape index (κ3) is 2.76. The van der Waals surface area contributed by atoms with Crippen molar-refractivity contribution in [2.45, 2.75) is 26.7 Å². The molecule has 1 aliphatic heterocycles. The summed E-state index contributed by atoms with van der Waals surface area (Å²) >= 11 is 3.43. The molecule has 0 amide bonds. The van der Waals surface area contributed by atoms with Crippen LogP contribution >= 0.6 is 15.9 Å². The average Bonchev–Trinajstić information content (AvgIpc) is 2.29. The Morgan fingerprint density at radius 3 is 2.56 bits per heavy atom. The van der Waals surface area contributed by atoms with Crippen molar-refractivity contribution in [3.63, 3.8) is 0 Å². The zero-order valence-corrected chi connectivity index (χ0v) is 11.6. The molecule has 2 heterocycles. The van der Waals surface area contributed by atoms with Crippen molar-refractivity contribution in [3.8, 4) is 0 Å². The maximum Gasteiger partial charge on any atom is 0.129 e. The van der Waals surface area contributed by atoms with Gasteiger partial charge in [-0.05, 0) is 52.7 Å². The summed E-state index contributed by atoms with van der Waals surface area (Å²) in [5.41, 5.74) is 0. The Balaban J connectivity index is 1.99. The Hall–Kier alpha value is -0.570. The van der Waals surface area contributed by atoms with Crippen LogP contribution in [0, 0.1) is 11.8 Å². The van der Waals surface area contributed by atoms with Gasteiger partial charge in [0.15, 0.2) is 0 Å². The van der Waals surface area contributed by atoms with Gasteiger partial charge >= 0.3 is 0 Å². The summed E-state index contributed by atoms with van der Waals surface area (Å²) in [5, 5.41) is 0. The van der Waals surface area contributed by atoms with Crippen molar-refractivity contribution in [1.82, 2.24) is 4.98 Å². The second-order valence-electron chi connectivity index (χ2n) is 4.89. The van der Waals surface area contributed by atoms with Gasteiger partial charge in [0.2, 0.25) is 0 Å². The molecule has 0 spiro atoms. The molecule has 1 fully saturated rings. The van der Waals surface area contributed by atoms with Gasteiger partial charge in [0.25, 0.3) is 0 Å². The average molecular weight is 283 g/mol. The van der Waals surface area contributed by atoms with Crippen LogP contribution in [0.1, 0.15) is 26.7 Å². The fourth-order valence-corrected chi connectivity index (χ4v) is 2.70. The van der Waals surface area contributed by atoms with Gasteiger partial charge < -0.3 is 4.90 Å². The van der Waals surface area contributed by atoms with E-state index in [0.717, 1.165) is 35.3 Å². The van der Waals surface area contributed by atoms with Crippen LogP contribution in [0.3, 0.4) is 0 Å². The summed E-state index contributed by atoms with van der Waals surface area (Å²) < 4.78 is 0.927. The van der Waals surface area contributed by atoms with Crippen LogP contribution < -0.4 is 4.90 Å². The number of hydrogen-bond donors (Lipinski definition) is 0. The highest BCUT2D eigenvalue weighted by molar-refractivity contribution is 9.10. The summed E-state index contributed by atoms with van der Waals surface area (Å²) in [6.07, 6.45) is 2.59. The largest absolute Gasteiger partial charge is 0.357 e. The minimum absolute atomic E-state index is 0.817. The topological polar surface area (TPSA) is 16.1 Å². The lowest BCUT2D eigenvalue weighted by molar-refractivity contribution is 0.310. The molecule has 1 saturated heterocycles. The SMILES string of the molecule is CC(C)C1CCN(c2cccc(Br)n2)CC1. The zero-order chi connectivity index (χ0) is 11.5. The standard InChI is InChI=1S/C13H19BrN2/c1-10(2)11-6-8-16(9-7-11)13-5-3-4-12(14)15-13/h3-5,10-11H,6-9H2,1-2H3. The molecule has 0 saturated carbocycles. The first-order valence-electron chi connectivity index (χ1n) is 6.04. The van der Waals surface area contributed by atoms with Crippen LogP contribution in [0.5, 0.6) is 0 Å². The summed E-state index contributed by atoms with van der Waals surface area (Å²) in [6, 6.07) is 6.13. The molecule has 1 aliphatic rings. The lowest BCUT2D eigenvalue weighted by atomic mass is 9.87. The number of pyridine rings is 1. The van der Waals surface area contributed by atoms with E-state index in [-0.39, 0.29) is 0 Å². The van der Waals surface area contributed by atoms with Crippen LogP contribution in [0.25, 0.3) is 0 Å². The van der Waals surface area contributed by atoms with E-state index in [4.69, 9.17) is 0 Å². The van der Waals surface area contributed by atoms with E-state index in [1.807, 2.05) is 6.07 Å². The van der Waals surface area contributed by atoms with Gasteiger partial charge in [-0.3, -0.25) is 0 Å². The molecular weight excluding hydrogens is 264 g/mol. The summed E-state index contributed by atoms with van der Waals surface area (Å²) in [6.45, 7) is 6.95. The van der Waals surface area contributed by atoms with E-state index in [0.29, 0.717) is 0 Å². The van der Waals surface area contributed by atoms with Gasteiger partial charge in [-0.2, -0.15) is 0 Å². The van der Waals surface area contributed by atoms with Crippen LogP contribution in [-0.4, -0.2) is 18.1 Å². The third-order valence-corrected chi connectivity index (χ3v) is 3.95. The number of nitrogens with zero attached hydrogens (tertiary/aromatic N) is 2. The molecule has 0 aromatic carbocycles. The van der Waals surface area contributed by atoms with Crippen molar-refractivity contribution in [2.24, 2.45) is 11.8 Å². The van der Waals surface area contributed by atoms with E-state index < -0.39 is 0 Å². The van der Waals surface area contributed by atoms with Gasteiger partial charge in [0.05, 0.1) is 0 Å². The molecule has 16 heavy (non-hydrogen) atoms. The van der Waals surface area contributed by atoms with Gasteiger partial charge in [0.1, 0.15) is 10.4 Å². The van der Waals surface area contributed by atoms with E-state index in [1.165, 1.54) is 12.8 Å². The number of halogens is 1. The highest BCUT2D eigenvalue weighted by Crippen LogP contribution is 2.27. The molecule has 0 bridgehead atoms. The number of anilines is 1. The fourth-order valence-electron chi connectivity index (χ4n) is 2.37. The van der Waals surface area contributed by atoms with Crippen molar-refractivity contribution in [1.29, 1.82) is 0 Å². The van der Waals surface area contributed by atoms with Crippen LogP contribution in [0.2, 0.25) is 0 Å². The van der Waals surface area contributed by atoms with Crippen molar-refractivity contribution in [2.75, 3.05) is 18.0 Å². The number of piperidine rings is 1. The Bertz CT molecular complexity index is 344. The number of aromatic nitrogens is 1. The first kappa shape index (κ1) is 11.9. The summed E-state index contributed by atoms with van der Waals surface area (Å²) in [5.74, 6) is 2.82. The Kier molecular flexibility index (Phi) is 3.85. The molecule has 0 N–H and O–H groups in total. The highest BCUT2D eigenvalue weighted by atomic mass is 79.9. The first-order valence-corrected chi connectivity index (χ1v) is 6.83. The second kappa shape index (κ2) is 5.17. The molecule has 0 unspecified atom stereocenters. The highest BCUT2D eigenvalue weighted by Gasteiger charge is 2.22. The molecule has 0 radical (unpaired) electrons. The first-order chi connectivity index (χ1) is 7.66.